The van der Waals surface area contributed by atoms with E-state index in [-0.39, 0.29) is 35.0 Å². The zero-order valence-corrected chi connectivity index (χ0v) is 16.1. The Bertz CT molecular complexity index is 670. The molecule has 0 spiro atoms. The van der Waals surface area contributed by atoms with E-state index in [4.69, 9.17) is 0 Å². The lowest BCUT2D eigenvalue weighted by Crippen LogP contribution is -2.52. The summed E-state index contributed by atoms with van der Waals surface area (Å²) in [6.07, 6.45) is 2.19. The number of nitro benzene ring substituents is 1. The van der Waals surface area contributed by atoms with E-state index in [1.165, 1.54) is 6.07 Å². The molecule has 1 aromatic carbocycles. The van der Waals surface area contributed by atoms with Crippen molar-refractivity contribution in [1.82, 2.24) is 10.2 Å². The molecule has 2 aliphatic rings. The fraction of sp³-hybridized carbons (Fsp3) is 0.611. The Balaban J connectivity index is 0.00000243. The number of benzene rings is 1. The molecule has 0 radical (unpaired) electrons. The lowest BCUT2D eigenvalue weighted by Gasteiger charge is -2.34. The van der Waals surface area contributed by atoms with E-state index in [1.54, 1.807) is 17.0 Å². The zero-order chi connectivity index (χ0) is 18.0. The van der Waals surface area contributed by atoms with Gasteiger partial charge in [-0.1, -0.05) is 6.92 Å². The molecule has 144 valence electrons. The van der Waals surface area contributed by atoms with Crippen molar-refractivity contribution in [2.75, 3.05) is 37.6 Å². The van der Waals surface area contributed by atoms with E-state index in [9.17, 15) is 14.9 Å². The molecule has 2 saturated heterocycles. The normalized spacial score (nSPS) is 23.3. The van der Waals surface area contributed by atoms with Gasteiger partial charge >= 0.3 is 0 Å². The molecule has 0 saturated carbocycles. The highest BCUT2D eigenvalue weighted by Crippen LogP contribution is 2.32. The summed E-state index contributed by atoms with van der Waals surface area (Å²) >= 11 is 0. The Morgan fingerprint density at radius 1 is 1.31 bits per heavy atom. The smallest absolute Gasteiger partial charge is 0.293 e. The largest absolute Gasteiger partial charge is 0.366 e. The van der Waals surface area contributed by atoms with Crippen molar-refractivity contribution in [3.63, 3.8) is 0 Å². The second kappa shape index (κ2) is 8.68. The van der Waals surface area contributed by atoms with Crippen LogP contribution in [0.2, 0.25) is 0 Å². The first-order valence-corrected chi connectivity index (χ1v) is 9.02. The summed E-state index contributed by atoms with van der Waals surface area (Å²) in [5.74, 6) is 0.395. The minimum Gasteiger partial charge on any atom is -0.366 e. The first-order chi connectivity index (χ1) is 12.0. The lowest BCUT2D eigenvalue weighted by atomic mass is 9.99. The minimum absolute atomic E-state index is 0. The Labute approximate surface area is 160 Å². The summed E-state index contributed by atoms with van der Waals surface area (Å²) in [7, 11) is 0. The maximum Gasteiger partial charge on any atom is 0.293 e. The van der Waals surface area contributed by atoms with Crippen LogP contribution < -0.4 is 10.2 Å². The van der Waals surface area contributed by atoms with Gasteiger partial charge in [0.1, 0.15) is 5.69 Å². The summed E-state index contributed by atoms with van der Waals surface area (Å²) < 4.78 is 0. The van der Waals surface area contributed by atoms with E-state index >= 15 is 0 Å². The zero-order valence-electron chi connectivity index (χ0n) is 15.3. The Morgan fingerprint density at radius 3 is 2.73 bits per heavy atom. The molecule has 0 aliphatic carbocycles. The van der Waals surface area contributed by atoms with Crippen LogP contribution in [0.3, 0.4) is 0 Å². The number of carbonyl (C=O) groups excluding carboxylic acids is 1. The number of rotatable bonds is 3. The molecule has 2 fully saturated rings. The van der Waals surface area contributed by atoms with E-state index in [2.05, 4.69) is 17.1 Å². The van der Waals surface area contributed by atoms with Gasteiger partial charge in [-0.05, 0) is 37.8 Å². The Morgan fingerprint density at radius 2 is 2.08 bits per heavy atom. The number of nitrogens with zero attached hydrogens (tertiary/aromatic N) is 3. The van der Waals surface area contributed by atoms with Crippen LogP contribution in [0.25, 0.3) is 0 Å². The van der Waals surface area contributed by atoms with Gasteiger partial charge in [-0.2, -0.15) is 0 Å². The van der Waals surface area contributed by atoms with Crippen LogP contribution in [-0.2, 0) is 0 Å². The Kier molecular flexibility index (Phi) is 6.83. The molecule has 1 N–H and O–H groups in total. The number of amides is 1. The second-order valence-electron chi connectivity index (χ2n) is 7.21. The first kappa shape index (κ1) is 20.5. The SMILES string of the molecule is CC1CCCN(c2ccc(C(=O)N3CCNC[C@H]3C)cc2[N+](=O)[O-])C1.Cl. The van der Waals surface area contributed by atoms with Crippen molar-refractivity contribution in [3.8, 4) is 0 Å². The van der Waals surface area contributed by atoms with Crippen molar-refractivity contribution < 1.29 is 9.72 Å². The van der Waals surface area contributed by atoms with Crippen LogP contribution in [-0.4, -0.2) is 54.5 Å². The highest BCUT2D eigenvalue weighted by molar-refractivity contribution is 5.96. The van der Waals surface area contributed by atoms with Crippen molar-refractivity contribution in [1.29, 1.82) is 0 Å². The summed E-state index contributed by atoms with van der Waals surface area (Å²) in [6.45, 7) is 7.93. The molecule has 2 aliphatic heterocycles. The van der Waals surface area contributed by atoms with Crippen molar-refractivity contribution >= 4 is 29.7 Å². The summed E-state index contributed by atoms with van der Waals surface area (Å²) in [4.78, 5) is 27.9. The van der Waals surface area contributed by atoms with Gasteiger partial charge < -0.3 is 15.1 Å². The summed E-state index contributed by atoms with van der Waals surface area (Å²) in [6, 6.07) is 5.02. The predicted octanol–water partition coefficient (Wildman–Crippen LogP) is 2.69. The number of piperidine rings is 1. The molecule has 1 amide bonds. The number of hydrogen-bond donors (Lipinski definition) is 1. The molecule has 0 aromatic heterocycles. The van der Waals surface area contributed by atoms with Gasteiger partial charge in [-0.25, -0.2) is 0 Å². The quantitative estimate of drug-likeness (QED) is 0.642. The number of halogens is 1. The number of piperazine rings is 1. The summed E-state index contributed by atoms with van der Waals surface area (Å²) in [5.41, 5.74) is 1.05. The molecule has 2 atom stereocenters. The van der Waals surface area contributed by atoms with E-state index in [0.29, 0.717) is 23.7 Å². The predicted molar refractivity (Wildman–Crippen MR) is 104 cm³/mol. The lowest BCUT2D eigenvalue weighted by molar-refractivity contribution is -0.384. The number of nitro groups is 1. The number of nitrogens with one attached hydrogen (secondary N) is 1. The molecule has 2 heterocycles. The van der Waals surface area contributed by atoms with E-state index < -0.39 is 0 Å². The highest BCUT2D eigenvalue weighted by atomic mass is 35.5. The molecule has 8 heteroatoms. The van der Waals surface area contributed by atoms with Crippen molar-refractivity contribution in [2.24, 2.45) is 5.92 Å². The average Bonchev–Trinajstić information content (AvgIpc) is 2.61. The fourth-order valence-corrected chi connectivity index (χ4v) is 3.79. The van der Waals surface area contributed by atoms with Gasteiger partial charge in [0.15, 0.2) is 0 Å². The second-order valence-corrected chi connectivity index (χ2v) is 7.21. The molecular formula is C18H27ClN4O3. The number of anilines is 1. The highest BCUT2D eigenvalue weighted by Gasteiger charge is 2.28. The van der Waals surface area contributed by atoms with Gasteiger partial charge in [-0.3, -0.25) is 14.9 Å². The van der Waals surface area contributed by atoms with Crippen LogP contribution in [0.1, 0.15) is 37.0 Å². The average molecular weight is 383 g/mol. The number of carbonyl (C=O) groups is 1. The van der Waals surface area contributed by atoms with Crippen LogP contribution in [0, 0.1) is 16.0 Å². The topological polar surface area (TPSA) is 78.7 Å². The van der Waals surface area contributed by atoms with E-state index in [0.717, 1.165) is 39.0 Å². The van der Waals surface area contributed by atoms with E-state index in [1.807, 2.05) is 6.92 Å². The van der Waals surface area contributed by atoms with Gasteiger partial charge in [0.25, 0.3) is 11.6 Å². The Hall–Kier alpha value is -1.86. The van der Waals surface area contributed by atoms with Crippen LogP contribution in [0.4, 0.5) is 11.4 Å². The third-order valence-electron chi connectivity index (χ3n) is 5.18. The molecule has 1 unspecified atom stereocenters. The minimum atomic E-state index is -0.368. The maximum atomic E-state index is 12.8. The van der Waals surface area contributed by atoms with Gasteiger partial charge in [-0.15, -0.1) is 12.4 Å². The molecule has 7 nitrogen and oxygen atoms in total. The first-order valence-electron chi connectivity index (χ1n) is 9.02. The summed E-state index contributed by atoms with van der Waals surface area (Å²) in [5, 5.41) is 14.9. The standard InChI is InChI=1S/C18H26N4O3.ClH/c1-13-4-3-8-20(12-13)16-6-5-15(10-17(16)22(24)25)18(23)21-9-7-19-11-14(21)2;/h5-6,10,13-14,19H,3-4,7-9,11-12H2,1-2H3;1H/t13?,14-;/m1./s1. The molecule has 26 heavy (non-hydrogen) atoms. The number of hydrogen-bond acceptors (Lipinski definition) is 5. The van der Waals surface area contributed by atoms with Crippen molar-refractivity contribution in [3.05, 3.63) is 33.9 Å². The van der Waals surface area contributed by atoms with Gasteiger partial charge in [0.05, 0.1) is 4.92 Å². The van der Waals surface area contributed by atoms with Crippen LogP contribution in [0.15, 0.2) is 18.2 Å². The molecular weight excluding hydrogens is 356 g/mol. The molecule has 3 rings (SSSR count). The van der Waals surface area contributed by atoms with Crippen molar-refractivity contribution in [2.45, 2.75) is 32.7 Å². The fourth-order valence-electron chi connectivity index (χ4n) is 3.79. The monoisotopic (exact) mass is 382 g/mol. The van der Waals surface area contributed by atoms with Gasteiger partial charge in [0.2, 0.25) is 0 Å². The maximum absolute atomic E-state index is 12.8. The third kappa shape index (κ3) is 4.27. The van der Waals surface area contributed by atoms with Crippen LogP contribution >= 0.6 is 12.4 Å². The molecule has 1 aromatic rings. The van der Waals surface area contributed by atoms with Crippen LogP contribution in [0.5, 0.6) is 0 Å². The van der Waals surface area contributed by atoms with Gasteiger partial charge in [0, 0.05) is 50.4 Å². The molecule has 0 bridgehead atoms. The third-order valence-corrected chi connectivity index (χ3v) is 5.18.